The molecule has 21 heavy (non-hydrogen) atoms. The molecule has 0 aromatic heterocycles. The maximum atomic E-state index is 12.7. The van der Waals surface area contributed by atoms with Crippen LogP contribution in [0.1, 0.15) is 19.4 Å². The summed E-state index contributed by atoms with van der Waals surface area (Å²) >= 11 is 0. The summed E-state index contributed by atoms with van der Waals surface area (Å²) in [4.78, 5) is -0.358. The van der Waals surface area contributed by atoms with E-state index in [-0.39, 0.29) is 23.9 Å². The Morgan fingerprint density at radius 1 is 1.33 bits per heavy atom. The molecule has 2 N–H and O–H groups in total. The lowest BCUT2D eigenvalue weighted by atomic mass is 10.2. The summed E-state index contributed by atoms with van der Waals surface area (Å²) in [7, 11) is -3.96. The topological polar surface area (TPSA) is 63.4 Å². The van der Waals surface area contributed by atoms with E-state index in [1.165, 1.54) is 6.07 Å². The molecule has 0 bridgehead atoms. The van der Waals surface area contributed by atoms with Gasteiger partial charge in [0.2, 0.25) is 10.0 Å². The number of nitrogens with two attached hydrogens (primary N) is 1. The van der Waals surface area contributed by atoms with Crippen LogP contribution in [0.3, 0.4) is 0 Å². The summed E-state index contributed by atoms with van der Waals surface area (Å²) in [6.07, 6.45) is -4.58. The molecule has 1 aromatic carbocycles. The van der Waals surface area contributed by atoms with Gasteiger partial charge in [-0.15, -0.1) is 0 Å². The van der Waals surface area contributed by atoms with Crippen molar-refractivity contribution in [3.8, 4) is 0 Å². The van der Waals surface area contributed by atoms with Crippen molar-refractivity contribution < 1.29 is 21.6 Å². The molecule has 0 fully saturated rings. The molecule has 0 amide bonds. The quantitative estimate of drug-likeness (QED) is 0.873. The van der Waals surface area contributed by atoms with Crippen LogP contribution in [0.2, 0.25) is 0 Å². The Bertz CT molecular complexity index is 573. The molecule has 0 radical (unpaired) electrons. The van der Waals surface area contributed by atoms with Gasteiger partial charge in [0.1, 0.15) is 0 Å². The van der Waals surface area contributed by atoms with Gasteiger partial charge in [-0.1, -0.05) is 19.9 Å². The van der Waals surface area contributed by atoms with Crippen LogP contribution >= 0.6 is 0 Å². The molecule has 0 saturated heterocycles. The zero-order valence-corrected chi connectivity index (χ0v) is 12.7. The van der Waals surface area contributed by atoms with E-state index in [1.54, 1.807) is 13.8 Å². The minimum atomic E-state index is -4.58. The highest BCUT2D eigenvalue weighted by Gasteiger charge is 2.32. The predicted octanol–water partition coefficient (Wildman–Crippen LogP) is 2.31. The maximum absolute atomic E-state index is 12.7. The fourth-order valence-corrected chi connectivity index (χ4v) is 3.42. The number of halogens is 3. The van der Waals surface area contributed by atoms with Gasteiger partial charge >= 0.3 is 6.18 Å². The van der Waals surface area contributed by atoms with Gasteiger partial charge in [0.15, 0.2) is 0 Å². The van der Waals surface area contributed by atoms with E-state index < -0.39 is 21.8 Å². The first kappa shape index (κ1) is 17.9. The molecule has 0 aliphatic carbocycles. The molecule has 1 atom stereocenters. The standard InChI is InChI=1S/C13H19F3N2O2S/c1-3-18(9-10(2)8-17)21(19,20)12-6-4-5-11(7-12)13(14,15)16/h4-7,10H,3,8-9,17H2,1-2H3. The van der Waals surface area contributed by atoms with E-state index in [0.717, 1.165) is 16.4 Å². The monoisotopic (exact) mass is 324 g/mol. The molecule has 0 saturated carbocycles. The van der Waals surface area contributed by atoms with Crippen molar-refractivity contribution in [3.63, 3.8) is 0 Å². The van der Waals surface area contributed by atoms with Gasteiger partial charge < -0.3 is 5.73 Å². The summed E-state index contributed by atoms with van der Waals surface area (Å²) < 4.78 is 64.0. The number of alkyl halides is 3. The number of hydrogen-bond acceptors (Lipinski definition) is 3. The van der Waals surface area contributed by atoms with Gasteiger partial charge in [-0.05, 0) is 30.7 Å². The lowest BCUT2D eigenvalue weighted by Crippen LogP contribution is -2.36. The average molecular weight is 324 g/mol. The van der Waals surface area contributed by atoms with Gasteiger partial charge in [0, 0.05) is 13.1 Å². The summed E-state index contributed by atoms with van der Waals surface area (Å²) in [6.45, 7) is 4.06. The van der Waals surface area contributed by atoms with Crippen molar-refractivity contribution in [2.45, 2.75) is 24.9 Å². The van der Waals surface area contributed by atoms with Crippen LogP contribution in [0.4, 0.5) is 13.2 Å². The number of rotatable bonds is 6. The molecular weight excluding hydrogens is 305 g/mol. The van der Waals surface area contributed by atoms with Crippen molar-refractivity contribution in [1.29, 1.82) is 0 Å². The molecule has 8 heteroatoms. The van der Waals surface area contributed by atoms with E-state index in [2.05, 4.69) is 0 Å². The maximum Gasteiger partial charge on any atom is 0.416 e. The fourth-order valence-electron chi connectivity index (χ4n) is 1.80. The summed E-state index contributed by atoms with van der Waals surface area (Å²) in [6, 6.07) is 3.76. The Hall–Kier alpha value is -1.12. The first-order chi connectivity index (χ1) is 9.62. The molecule has 4 nitrogen and oxygen atoms in total. The lowest BCUT2D eigenvalue weighted by molar-refractivity contribution is -0.137. The molecule has 0 spiro atoms. The van der Waals surface area contributed by atoms with Crippen molar-refractivity contribution in [1.82, 2.24) is 4.31 Å². The largest absolute Gasteiger partial charge is 0.416 e. The second-order valence-electron chi connectivity index (χ2n) is 4.82. The van der Waals surface area contributed by atoms with Crippen LogP contribution < -0.4 is 5.73 Å². The van der Waals surface area contributed by atoms with Gasteiger partial charge in [0.05, 0.1) is 10.5 Å². The highest BCUT2D eigenvalue weighted by molar-refractivity contribution is 7.89. The smallest absolute Gasteiger partial charge is 0.330 e. The zero-order valence-electron chi connectivity index (χ0n) is 11.9. The molecule has 1 rings (SSSR count). The first-order valence-electron chi connectivity index (χ1n) is 6.50. The Kier molecular flexibility index (Phi) is 5.77. The number of hydrogen-bond donors (Lipinski definition) is 1. The van der Waals surface area contributed by atoms with E-state index >= 15 is 0 Å². The normalized spacial score (nSPS) is 14.4. The first-order valence-corrected chi connectivity index (χ1v) is 7.94. The fraction of sp³-hybridized carbons (Fsp3) is 0.538. The van der Waals surface area contributed by atoms with Gasteiger partial charge in [-0.25, -0.2) is 8.42 Å². The van der Waals surface area contributed by atoms with Gasteiger partial charge in [-0.2, -0.15) is 17.5 Å². The van der Waals surface area contributed by atoms with E-state index in [0.29, 0.717) is 12.6 Å². The minimum absolute atomic E-state index is 0.0782. The second kappa shape index (κ2) is 6.76. The van der Waals surface area contributed by atoms with Crippen molar-refractivity contribution in [2.75, 3.05) is 19.6 Å². The SMILES string of the molecule is CCN(CC(C)CN)S(=O)(=O)c1cccc(C(F)(F)F)c1. The van der Waals surface area contributed by atoms with Crippen LogP contribution in [0.25, 0.3) is 0 Å². The lowest BCUT2D eigenvalue weighted by Gasteiger charge is -2.23. The Balaban J connectivity index is 3.17. The molecule has 1 aromatic rings. The molecule has 0 aliphatic rings. The highest BCUT2D eigenvalue weighted by Crippen LogP contribution is 2.31. The Morgan fingerprint density at radius 2 is 1.95 bits per heavy atom. The van der Waals surface area contributed by atoms with Gasteiger partial charge in [0.25, 0.3) is 0 Å². The second-order valence-corrected chi connectivity index (χ2v) is 6.76. The van der Waals surface area contributed by atoms with Crippen molar-refractivity contribution in [3.05, 3.63) is 29.8 Å². The summed E-state index contributed by atoms with van der Waals surface area (Å²) in [5, 5.41) is 0. The van der Waals surface area contributed by atoms with E-state index in [9.17, 15) is 21.6 Å². The van der Waals surface area contributed by atoms with Crippen molar-refractivity contribution >= 4 is 10.0 Å². The molecule has 0 aliphatic heterocycles. The third kappa shape index (κ3) is 4.42. The van der Waals surface area contributed by atoms with E-state index in [1.807, 2.05) is 0 Å². The third-order valence-corrected chi connectivity index (χ3v) is 5.01. The van der Waals surface area contributed by atoms with Crippen LogP contribution in [0, 0.1) is 5.92 Å². The molecular formula is C13H19F3N2O2S. The van der Waals surface area contributed by atoms with Gasteiger partial charge in [-0.3, -0.25) is 0 Å². The summed E-state index contributed by atoms with van der Waals surface area (Å²) in [5.41, 5.74) is 4.49. The van der Waals surface area contributed by atoms with Crippen molar-refractivity contribution in [2.24, 2.45) is 11.7 Å². The number of benzene rings is 1. The van der Waals surface area contributed by atoms with Crippen LogP contribution in [-0.4, -0.2) is 32.4 Å². The van der Waals surface area contributed by atoms with Crippen LogP contribution in [-0.2, 0) is 16.2 Å². The molecule has 1 unspecified atom stereocenters. The number of nitrogens with zero attached hydrogens (tertiary/aromatic N) is 1. The summed E-state index contributed by atoms with van der Waals surface area (Å²) in [5.74, 6) is -0.0782. The van der Waals surface area contributed by atoms with Crippen LogP contribution in [0.15, 0.2) is 29.2 Å². The number of sulfonamides is 1. The molecule has 120 valence electrons. The third-order valence-electron chi connectivity index (χ3n) is 3.07. The Labute approximate surface area is 122 Å². The Morgan fingerprint density at radius 3 is 2.43 bits per heavy atom. The van der Waals surface area contributed by atoms with E-state index in [4.69, 9.17) is 5.73 Å². The van der Waals surface area contributed by atoms with Crippen LogP contribution in [0.5, 0.6) is 0 Å². The highest BCUT2D eigenvalue weighted by atomic mass is 32.2. The predicted molar refractivity (Wildman–Crippen MR) is 74.1 cm³/mol. The molecule has 0 heterocycles. The minimum Gasteiger partial charge on any atom is -0.330 e. The average Bonchev–Trinajstić information content (AvgIpc) is 2.43. The zero-order chi connectivity index (χ0) is 16.3.